The van der Waals surface area contributed by atoms with Crippen molar-refractivity contribution in [1.82, 2.24) is 0 Å². The molecular weight excluding hydrogens is 212 g/mol. The molecule has 0 aliphatic rings. The lowest BCUT2D eigenvalue weighted by atomic mass is 10.0. The predicted molar refractivity (Wildman–Crippen MR) is 73.2 cm³/mol. The molecule has 0 heterocycles. The molecule has 0 bridgehead atoms. The Balaban J connectivity index is 2.57. The molecule has 0 saturated carbocycles. The van der Waals surface area contributed by atoms with Crippen LogP contribution >= 0.6 is 11.8 Å². The summed E-state index contributed by atoms with van der Waals surface area (Å²) in [5.41, 5.74) is 0. The van der Waals surface area contributed by atoms with Crippen molar-refractivity contribution in [3.63, 3.8) is 0 Å². The van der Waals surface area contributed by atoms with Crippen LogP contribution in [0.4, 0.5) is 0 Å². The minimum atomic E-state index is 1.32. The van der Waals surface area contributed by atoms with E-state index in [0.717, 1.165) is 0 Å². The van der Waals surface area contributed by atoms with Crippen molar-refractivity contribution in [2.24, 2.45) is 0 Å². The van der Waals surface area contributed by atoms with E-state index in [1.807, 2.05) is 11.8 Å². The van der Waals surface area contributed by atoms with Crippen molar-refractivity contribution in [3.05, 3.63) is 54.6 Å². The Morgan fingerprint density at radius 2 is 1.38 bits per heavy atom. The number of fused-ring (bicyclic) bond motifs is 3. The topological polar surface area (TPSA) is 0 Å². The van der Waals surface area contributed by atoms with Gasteiger partial charge in [0.15, 0.2) is 0 Å². The van der Waals surface area contributed by atoms with E-state index in [-0.39, 0.29) is 0 Å². The number of thioether (sulfide) groups is 1. The van der Waals surface area contributed by atoms with Crippen molar-refractivity contribution in [3.8, 4) is 0 Å². The van der Waals surface area contributed by atoms with Gasteiger partial charge in [-0.15, -0.1) is 11.8 Å². The van der Waals surface area contributed by atoms with Gasteiger partial charge in [-0.05, 0) is 33.9 Å². The van der Waals surface area contributed by atoms with E-state index in [1.165, 1.54) is 26.4 Å². The Bertz CT molecular complexity index is 656. The summed E-state index contributed by atoms with van der Waals surface area (Å²) in [5.74, 6) is 0. The lowest BCUT2D eigenvalue weighted by Crippen LogP contribution is -1.80. The van der Waals surface area contributed by atoms with Gasteiger partial charge >= 0.3 is 0 Å². The number of rotatable bonds is 1. The summed E-state index contributed by atoms with van der Waals surface area (Å²) in [5, 5.41) is 5.38. The van der Waals surface area contributed by atoms with Gasteiger partial charge in [0.05, 0.1) is 0 Å². The maximum atomic E-state index is 2.28. The normalized spacial score (nSPS) is 11.1. The highest BCUT2D eigenvalue weighted by molar-refractivity contribution is 7.98. The summed E-state index contributed by atoms with van der Waals surface area (Å²) in [6.45, 7) is 0. The van der Waals surface area contributed by atoms with Crippen LogP contribution in [0.25, 0.3) is 21.5 Å². The van der Waals surface area contributed by atoms with Crippen molar-refractivity contribution in [2.45, 2.75) is 4.90 Å². The predicted octanol–water partition coefficient (Wildman–Crippen LogP) is 4.71. The first-order chi connectivity index (χ1) is 7.90. The number of hydrogen-bond acceptors (Lipinski definition) is 1. The SMILES string of the molecule is CSc1cc2ccccc2c2ccccc12. The molecule has 0 fully saturated rings. The van der Waals surface area contributed by atoms with Gasteiger partial charge in [0.2, 0.25) is 0 Å². The highest BCUT2D eigenvalue weighted by Gasteiger charge is 2.04. The Labute approximate surface area is 99.3 Å². The summed E-state index contributed by atoms with van der Waals surface area (Å²) in [4.78, 5) is 1.36. The van der Waals surface area contributed by atoms with Gasteiger partial charge in [-0.25, -0.2) is 0 Å². The Morgan fingerprint density at radius 1 is 0.750 bits per heavy atom. The molecule has 16 heavy (non-hydrogen) atoms. The van der Waals surface area contributed by atoms with E-state index in [1.54, 1.807) is 0 Å². The third kappa shape index (κ3) is 1.40. The summed E-state index contributed by atoms with van der Waals surface area (Å²) in [6.07, 6.45) is 2.14. The number of hydrogen-bond donors (Lipinski definition) is 0. The molecule has 0 aliphatic carbocycles. The average molecular weight is 224 g/mol. The lowest BCUT2D eigenvalue weighted by molar-refractivity contribution is 1.59. The van der Waals surface area contributed by atoms with E-state index >= 15 is 0 Å². The molecule has 3 aromatic carbocycles. The van der Waals surface area contributed by atoms with E-state index < -0.39 is 0 Å². The molecule has 0 saturated heterocycles. The minimum absolute atomic E-state index is 1.32. The second-order valence-corrected chi connectivity index (χ2v) is 4.69. The summed E-state index contributed by atoms with van der Waals surface area (Å²) in [7, 11) is 0. The van der Waals surface area contributed by atoms with Crippen LogP contribution in [-0.4, -0.2) is 6.26 Å². The molecule has 1 heteroatoms. The van der Waals surface area contributed by atoms with Crippen LogP contribution in [0.3, 0.4) is 0 Å². The molecular formula is C15H12S. The van der Waals surface area contributed by atoms with Gasteiger partial charge in [-0.3, -0.25) is 0 Å². The summed E-state index contributed by atoms with van der Waals surface area (Å²) >= 11 is 1.81. The first kappa shape index (κ1) is 9.73. The van der Waals surface area contributed by atoms with Crippen molar-refractivity contribution in [1.29, 1.82) is 0 Å². The summed E-state index contributed by atoms with van der Waals surface area (Å²) < 4.78 is 0. The fourth-order valence-corrected chi connectivity index (χ4v) is 2.83. The van der Waals surface area contributed by atoms with Crippen LogP contribution in [0.5, 0.6) is 0 Å². The molecule has 0 aromatic heterocycles. The van der Waals surface area contributed by atoms with Gasteiger partial charge in [-0.1, -0.05) is 48.5 Å². The Hall–Kier alpha value is -1.47. The minimum Gasteiger partial charge on any atom is -0.129 e. The molecule has 0 nitrogen and oxygen atoms in total. The van der Waals surface area contributed by atoms with E-state index in [0.29, 0.717) is 0 Å². The second kappa shape index (κ2) is 3.84. The third-order valence-electron chi connectivity index (χ3n) is 2.95. The van der Waals surface area contributed by atoms with Crippen LogP contribution in [-0.2, 0) is 0 Å². The highest BCUT2D eigenvalue weighted by atomic mass is 32.2. The smallest absolute Gasteiger partial charge is 0.0154 e. The van der Waals surface area contributed by atoms with Crippen LogP contribution in [0.15, 0.2) is 59.5 Å². The van der Waals surface area contributed by atoms with Gasteiger partial charge in [0, 0.05) is 4.90 Å². The largest absolute Gasteiger partial charge is 0.129 e. The zero-order valence-electron chi connectivity index (χ0n) is 9.10. The van der Waals surface area contributed by atoms with Gasteiger partial charge < -0.3 is 0 Å². The van der Waals surface area contributed by atoms with Gasteiger partial charge in [0.1, 0.15) is 0 Å². The Kier molecular flexibility index (Phi) is 2.33. The molecule has 3 rings (SSSR count). The van der Waals surface area contributed by atoms with E-state index in [4.69, 9.17) is 0 Å². The first-order valence-corrected chi connectivity index (χ1v) is 6.57. The highest BCUT2D eigenvalue weighted by Crippen LogP contribution is 2.32. The molecule has 3 aromatic rings. The monoisotopic (exact) mass is 224 g/mol. The maximum Gasteiger partial charge on any atom is 0.0154 e. The zero-order valence-corrected chi connectivity index (χ0v) is 9.92. The molecule has 0 aliphatic heterocycles. The van der Waals surface area contributed by atoms with Crippen molar-refractivity contribution in [2.75, 3.05) is 6.26 Å². The molecule has 0 atom stereocenters. The molecule has 0 amide bonds. The van der Waals surface area contributed by atoms with Crippen LogP contribution in [0, 0.1) is 0 Å². The quantitative estimate of drug-likeness (QED) is 0.426. The molecule has 0 radical (unpaired) electrons. The zero-order chi connectivity index (χ0) is 11.0. The van der Waals surface area contributed by atoms with Gasteiger partial charge in [0.25, 0.3) is 0 Å². The summed E-state index contributed by atoms with van der Waals surface area (Å²) in [6, 6.07) is 19.5. The molecule has 78 valence electrons. The maximum absolute atomic E-state index is 2.28. The molecule has 0 N–H and O–H groups in total. The van der Waals surface area contributed by atoms with Crippen LogP contribution < -0.4 is 0 Å². The number of benzene rings is 3. The fourth-order valence-electron chi connectivity index (χ4n) is 2.19. The van der Waals surface area contributed by atoms with Crippen LogP contribution in [0.1, 0.15) is 0 Å². The second-order valence-electron chi connectivity index (χ2n) is 3.85. The lowest BCUT2D eigenvalue weighted by Gasteiger charge is -2.08. The molecule has 0 spiro atoms. The van der Waals surface area contributed by atoms with E-state index in [2.05, 4.69) is 60.9 Å². The third-order valence-corrected chi connectivity index (χ3v) is 3.73. The van der Waals surface area contributed by atoms with Crippen LogP contribution in [0.2, 0.25) is 0 Å². The average Bonchev–Trinajstić information content (AvgIpc) is 2.38. The Morgan fingerprint density at radius 3 is 2.12 bits per heavy atom. The van der Waals surface area contributed by atoms with Crippen molar-refractivity contribution < 1.29 is 0 Å². The van der Waals surface area contributed by atoms with E-state index in [9.17, 15) is 0 Å². The van der Waals surface area contributed by atoms with Crippen molar-refractivity contribution >= 4 is 33.3 Å². The first-order valence-electron chi connectivity index (χ1n) is 5.34. The standard InChI is InChI=1S/C15H12S/c1-16-15-10-11-6-2-3-7-12(11)13-8-4-5-9-14(13)15/h2-10H,1H3. The van der Waals surface area contributed by atoms with Gasteiger partial charge in [-0.2, -0.15) is 0 Å². The fraction of sp³-hybridized carbons (Fsp3) is 0.0667. The molecule has 0 unspecified atom stereocenters.